The third-order valence-electron chi connectivity index (χ3n) is 6.51. The number of cyclic esters (lactones) is 1. The van der Waals surface area contributed by atoms with E-state index in [0.717, 1.165) is 10.9 Å². The van der Waals surface area contributed by atoms with Crippen molar-refractivity contribution in [2.75, 3.05) is 6.54 Å². The quantitative estimate of drug-likeness (QED) is 0.342. The molecule has 1 amide bonds. The van der Waals surface area contributed by atoms with Crippen molar-refractivity contribution in [3.8, 4) is 17.1 Å². The minimum Gasteiger partial charge on any atom is -0.508 e. The number of benzene rings is 1. The second-order valence-electron chi connectivity index (χ2n) is 9.04. The zero-order valence-corrected chi connectivity index (χ0v) is 19.7. The van der Waals surface area contributed by atoms with Crippen LogP contribution in [-0.4, -0.2) is 45.1 Å². The van der Waals surface area contributed by atoms with Crippen LogP contribution in [-0.2, 0) is 42.6 Å². The van der Waals surface area contributed by atoms with Crippen molar-refractivity contribution < 1.29 is 29.0 Å². The SMILES string of the molecule is C[C@H](NC(=O)CCN)C(=O)O[C@]1(C)C(=O)OCc2c1cc1n(c2=O)Cc2cc3cc(O)ccc3nc2-1. The lowest BCUT2D eigenvalue weighted by molar-refractivity contribution is -0.187. The molecule has 3 aromatic rings. The molecule has 2 aromatic heterocycles. The summed E-state index contributed by atoms with van der Waals surface area (Å²) in [6.07, 6.45) is 0.0311. The fraction of sp³-hybridized carbons (Fsp3) is 0.320. The van der Waals surface area contributed by atoms with Crippen LogP contribution >= 0.6 is 0 Å². The lowest BCUT2D eigenvalue weighted by Crippen LogP contribution is -2.49. The standard InChI is InChI=1S/C25H24N4O7/c1-12(27-20(31)5-6-26)23(33)36-25(2)17-9-19-21-14(7-13-8-15(30)3-4-18(13)28-21)10-29(19)22(32)16(17)11-35-24(25)34/h3-4,7-9,12,30H,5-6,10-11,26H2,1-2H3,(H,27,31)/t12-,25-/m0/s1. The van der Waals surface area contributed by atoms with Gasteiger partial charge in [-0.1, -0.05) is 0 Å². The van der Waals surface area contributed by atoms with Gasteiger partial charge in [0.2, 0.25) is 11.5 Å². The summed E-state index contributed by atoms with van der Waals surface area (Å²) in [4.78, 5) is 55.7. The van der Waals surface area contributed by atoms with Gasteiger partial charge in [0.15, 0.2) is 0 Å². The number of carbonyl (C=O) groups excluding carboxylic acids is 3. The molecule has 0 fully saturated rings. The minimum absolute atomic E-state index is 0.0311. The van der Waals surface area contributed by atoms with Crippen LogP contribution in [0, 0.1) is 0 Å². The molecule has 4 heterocycles. The normalized spacial score (nSPS) is 18.6. The van der Waals surface area contributed by atoms with E-state index in [9.17, 15) is 24.3 Å². The van der Waals surface area contributed by atoms with E-state index in [1.54, 1.807) is 18.2 Å². The van der Waals surface area contributed by atoms with Crippen LogP contribution in [0.25, 0.3) is 22.3 Å². The van der Waals surface area contributed by atoms with E-state index < -0.39 is 29.5 Å². The summed E-state index contributed by atoms with van der Waals surface area (Å²) in [6.45, 7) is 2.90. The van der Waals surface area contributed by atoms with E-state index in [4.69, 9.17) is 15.2 Å². The van der Waals surface area contributed by atoms with Gasteiger partial charge in [-0.15, -0.1) is 0 Å². The van der Waals surface area contributed by atoms with E-state index in [2.05, 4.69) is 10.3 Å². The molecule has 11 heteroatoms. The Balaban J connectivity index is 1.57. The Morgan fingerprint density at radius 2 is 2.08 bits per heavy atom. The maximum Gasteiger partial charge on any atom is 0.355 e. The molecule has 0 bridgehead atoms. The number of hydrogen-bond acceptors (Lipinski definition) is 9. The Bertz CT molecular complexity index is 1510. The van der Waals surface area contributed by atoms with Gasteiger partial charge >= 0.3 is 11.9 Å². The summed E-state index contributed by atoms with van der Waals surface area (Å²) in [5.74, 6) is -2.02. The van der Waals surface area contributed by atoms with Crippen molar-refractivity contribution in [2.24, 2.45) is 5.73 Å². The van der Waals surface area contributed by atoms with Crippen LogP contribution in [0.1, 0.15) is 37.0 Å². The summed E-state index contributed by atoms with van der Waals surface area (Å²) >= 11 is 0. The van der Waals surface area contributed by atoms with Crippen LogP contribution in [0.3, 0.4) is 0 Å². The van der Waals surface area contributed by atoms with Crippen molar-refractivity contribution in [3.63, 3.8) is 0 Å². The van der Waals surface area contributed by atoms with Crippen molar-refractivity contribution in [1.82, 2.24) is 14.9 Å². The first-order valence-electron chi connectivity index (χ1n) is 11.4. The van der Waals surface area contributed by atoms with Gasteiger partial charge in [-0.25, -0.2) is 14.6 Å². The molecule has 4 N–H and O–H groups in total. The van der Waals surface area contributed by atoms with Gasteiger partial charge in [0.1, 0.15) is 18.4 Å². The number of phenolic OH excluding ortho intramolecular Hbond substituents is 1. The van der Waals surface area contributed by atoms with Gasteiger partial charge < -0.3 is 30.2 Å². The number of nitrogens with zero attached hydrogens (tertiary/aromatic N) is 2. The molecule has 0 spiro atoms. The maximum atomic E-state index is 13.4. The van der Waals surface area contributed by atoms with Crippen molar-refractivity contribution in [3.05, 3.63) is 57.4 Å². The third kappa shape index (κ3) is 3.68. The lowest BCUT2D eigenvalue weighted by atomic mass is 9.89. The van der Waals surface area contributed by atoms with Gasteiger partial charge in [0, 0.05) is 29.5 Å². The lowest BCUT2D eigenvalue weighted by Gasteiger charge is -2.34. The molecular weight excluding hydrogens is 468 g/mol. The second-order valence-corrected chi connectivity index (χ2v) is 9.04. The molecule has 2 atom stereocenters. The minimum atomic E-state index is -1.91. The average molecular weight is 492 g/mol. The number of phenols is 1. The number of fused-ring (bicyclic) bond motifs is 5. The van der Waals surface area contributed by atoms with Crippen LogP contribution in [0.2, 0.25) is 0 Å². The number of esters is 2. The van der Waals surface area contributed by atoms with Crippen LogP contribution in [0.5, 0.6) is 5.75 Å². The zero-order valence-electron chi connectivity index (χ0n) is 19.7. The predicted molar refractivity (Wildman–Crippen MR) is 127 cm³/mol. The Kier molecular flexibility index (Phi) is 5.51. The topological polar surface area (TPSA) is 163 Å². The monoisotopic (exact) mass is 492 g/mol. The summed E-state index contributed by atoms with van der Waals surface area (Å²) < 4.78 is 12.4. The Hall–Kier alpha value is -4.25. The van der Waals surface area contributed by atoms with E-state index in [1.165, 1.54) is 24.5 Å². The first kappa shape index (κ1) is 23.5. The molecule has 0 aliphatic carbocycles. The molecule has 5 rings (SSSR count). The molecular formula is C25H24N4O7. The maximum absolute atomic E-state index is 13.4. The summed E-state index contributed by atoms with van der Waals surface area (Å²) in [5.41, 5.74) is 5.92. The highest BCUT2D eigenvalue weighted by molar-refractivity contribution is 5.90. The molecule has 2 aliphatic heterocycles. The fourth-order valence-corrected chi connectivity index (χ4v) is 4.60. The van der Waals surface area contributed by atoms with E-state index in [0.29, 0.717) is 16.9 Å². The van der Waals surface area contributed by atoms with Crippen LogP contribution in [0.4, 0.5) is 0 Å². The Labute approximate surface area is 204 Å². The van der Waals surface area contributed by atoms with E-state index in [1.807, 2.05) is 6.07 Å². The molecule has 36 heavy (non-hydrogen) atoms. The zero-order chi connectivity index (χ0) is 25.8. The molecule has 0 saturated carbocycles. The Morgan fingerprint density at radius 1 is 1.31 bits per heavy atom. The van der Waals surface area contributed by atoms with Crippen LogP contribution < -0.4 is 16.6 Å². The van der Waals surface area contributed by atoms with Gasteiger partial charge in [0.25, 0.3) is 5.56 Å². The summed E-state index contributed by atoms with van der Waals surface area (Å²) in [6, 6.07) is 7.22. The van der Waals surface area contributed by atoms with Gasteiger partial charge in [-0.2, -0.15) is 0 Å². The highest BCUT2D eigenvalue weighted by Gasteiger charge is 2.48. The molecule has 11 nitrogen and oxygen atoms in total. The highest BCUT2D eigenvalue weighted by atomic mass is 16.6. The first-order valence-corrected chi connectivity index (χ1v) is 11.4. The number of carbonyl (C=O) groups is 3. The number of amides is 1. The van der Waals surface area contributed by atoms with Crippen molar-refractivity contribution in [2.45, 2.75) is 45.1 Å². The molecule has 0 radical (unpaired) electrons. The fourth-order valence-electron chi connectivity index (χ4n) is 4.60. The molecule has 1 aromatic carbocycles. The summed E-state index contributed by atoms with van der Waals surface area (Å²) in [5, 5.41) is 13.0. The molecule has 0 unspecified atom stereocenters. The van der Waals surface area contributed by atoms with Gasteiger partial charge in [-0.3, -0.25) is 9.59 Å². The first-order chi connectivity index (χ1) is 17.1. The number of aromatic nitrogens is 2. The number of rotatable bonds is 5. The molecule has 2 aliphatic rings. The second kappa shape index (κ2) is 8.45. The molecule has 186 valence electrons. The summed E-state index contributed by atoms with van der Waals surface area (Å²) in [7, 11) is 0. The number of nitrogens with one attached hydrogen (secondary N) is 1. The number of pyridine rings is 2. The molecule has 0 saturated heterocycles. The van der Waals surface area contributed by atoms with E-state index in [-0.39, 0.29) is 48.6 Å². The number of ether oxygens (including phenoxy) is 2. The van der Waals surface area contributed by atoms with Crippen molar-refractivity contribution in [1.29, 1.82) is 0 Å². The average Bonchev–Trinajstić information content (AvgIpc) is 3.18. The van der Waals surface area contributed by atoms with Crippen LogP contribution in [0.15, 0.2) is 35.1 Å². The number of aromatic hydroxyl groups is 1. The largest absolute Gasteiger partial charge is 0.508 e. The number of hydrogen-bond donors (Lipinski definition) is 3. The van der Waals surface area contributed by atoms with Gasteiger partial charge in [-0.05, 0) is 44.2 Å². The van der Waals surface area contributed by atoms with Crippen molar-refractivity contribution >= 4 is 28.7 Å². The van der Waals surface area contributed by atoms with Gasteiger partial charge in [0.05, 0.1) is 29.0 Å². The Morgan fingerprint density at radius 3 is 2.83 bits per heavy atom. The van der Waals surface area contributed by atoms with E-state index >= 15 is 0 Å². The highest BCUT2D eigenvalue weighted by Crippen LogP contribution is 2.39. The smallest absolute Gasteiger partial charge is 0.355 e. The number of nitrogens with two attached hydrogens (primary N) is 1. The third-order valence-corrected chi connectivity index (χ3v) is 6.51. The predicted octanol–water partition coefficient (Wildman–Crippen LogP) is 0.800.